The standard InChI is InChI=1S/C26H29NO7S/c1-3-32-23(13-14-33-24(29)16-35)25(18-11-12-22(31-2)21(28)15-18)34-26(30)27-20-10-6-8-17-7-4-5-9-19(17)20/h4-12,15,23,25,28,35H,3,13-14,16H2,1-2H3,(H,27,30)/t23-,25-/m1/s1. The number of benzene rings is 3. The lowest BCUT2D eigenvalue weighted by Crippen LogP contribution is -2.30. The van der Waals surface area contributed by atoms with Gasteiger partial charge in [-0.2, -0.15) is 12.6 Å². The number of carbonyl (C=O) groups is 2. The number of hydrogen-bond donors (Lipinski definition) is 3. The molecule has 0 saturated carbocycles. The van der Waals surface area contributed by atoms with Crippen molar-refractivity contribution in [3.05, 3.63) is 66.2 Å². The predicted octanol–water partition coefficient (Wildman–Crippen LogP) is 5.11. The van der Waals surface area contributed by atoms with Gasteiger partial charge in [0.1, 0.15) is 6.10 Å². The van der Waals surface area contributed by atoms with Gasteiger partial charge in [-0.25, -0.2) is 4.79 Å². The lowest BCUT2D eigenvalue weighted by Gasteiger charge is -2.27. The second kappa shape index (κ2) is 12.9. The van der Waals surface area contributed by atoms with E-state index in [-0.39, 0.29) is 30.3 Å². The summed E-state index contributed by atoms with van der Waals surface area (Å²) >= 11 is 3.90. The first-order valence-electron chi connectivity index (χ1n) is 11.2. The molecule has 0 bridgehead atoms. The van der Waals surface area contributed by atoms with E-state index in [0.29, 0.717) is 17.9 Å². The third kappa shape index (κ3) is 7.03. The minimum absolute atomic E-state index is 0.0426. The van der Waals surface area contributed by atoms with Crippen molar-refractivity contribution in [1.29, 1.82) is 0 Å². The fourth-order valence-corrected chi connectivity index (χ4v) is 3.79. The van der Waals surface area contributed by atoms with Crippen LogP contribution in [0.2, 0.25) is 0 Å². The van der Waals surface area contributed by atoms with Crippen molar-refractivity contribution in [2.24, 2.45) is 0 Å². The van der Waals surface area contributed by atoms with Crippen molar-refractivity contribution in [2.45, 2.75) is 25.6 Å². The summed E-state index contributed by atoms with van der Waals surface area (Å²) in [6.07, 6.45) is -2.00. The van der Waals surface area contributed by atoms with E-state index in [0.717, 1.165) is 10.8 Å². The maximum atomic E-state index is 13.0. The molecule has 3 aromatic carbocycles. The van der Waals surface area contributed by atoms with Crippen LogP contribution in [0.4, 0.5) is 10.5 Å². The van der Waals surface area contributed by atoms with E-state index < -0.39 is 24.3 Å². The Morgan fingerprint density at radius 3 is 2.57 bits per heavy atom. The highest BCUT2D eigenvalue weighted by atomic mass is 32.1. The van der Waals surface area contributed by atoms with Gasteiger partial charge in [0, 0.05) is 18.4 Å². The van der Waals surface area contributed by atoms with Gasteiger partial charge in [0.15, 0.2) is 17.6 Å². The van der Waals surface area contributed by atoms with Crippen LogP contribution >= 0.6 is 12.6 Å². The van der Waals surface area contributed by atoms with Crippen molar-refractivity contribution in [3.63, 3.8) is 0 Å². The summed E-state index contributed by atoms with van der Waals surface area (Å²) in [6.45, 7) is 2.20. The van der Waals surface area contributed by atoms with Crippen LogP contribution < -0.4 is 10.1 Å². The molecular weight excluding hydrogens is 470 g/mol. The number of phenols is 1. The van der Waals surface area contributed by atoms with E-state index >= 15 is 0 Å². The van der Waals surface area contributed by atoms with Gasteiger partial charge in [-0.1, -0.05) is 42.5 Å². The number of anilines is 1. The number of esters is 1. The zero-order valence-corrected chi connectivity index (χ0v) is 20.5. The van der Waals surface area contributed by atoms with Crippen molar-refractivity contribution >= 4 is 41.2 Å². The van der Waals surface area contributed by atoms with Gasteiger partial charge < -0.3 is 24.1 Å². The molecule has 186 valence electrons. The highest BCUT2D eigenvalue weighted by Gasteiger charge is 2.29. The quantitative estimate of drug-likeness (QED) is 0.249. The number of ether oxygens (including phenoxy) is 4. The number of aromatic hydroxyl groups is 1. The van der Waals surface area contributed by atoms with Crippen molar-refractivity contribution < 1.29 is 33.6 Å². The zero-order chi connectivity index (χ0) is 25.2. The number of nitrogens with one attached hydrogen (secondary N) is 1. The molecule has 9 heteroatoms. The van der Waals surface area contributed by atoms with Crippen LogP contribution in [0.3, 0.4) is 0 Å². The number of hydrogen-bond acceptors (Lipinski definition) is 8. The Kier molecular flexibility index (Phi) is 9.63. The molecule has 0 aliphatic rings. The molecule has 0 radical (unpaired) electrons. The number of amides is 1. The highest BCUT2D eigenvalue weighted by Crippen LogP contribution is 2.34. The number of fused-ring (bicyclic) bond motifs is 1. The van der Waals surface area contributed by atoms with Crippen LogP contribution in [0.15, 0.2) is 60.7 Å². The minimum atomic E-state index is -0.906. The van der Waals surface area contributed by atoms with Crippen LogP contribution in [0.25, 0.3) is 10.8 Å². The maximum Gasteiger partial charge on any atom is 0.412 e. The van der Waals surface area contributed by atoms with Crippen LogP contribution in [0, 0.1) is 0 Å². The zero-order valence-electron chi connectivity index (χ0n) is 19.6. The Hall–Kier alpha value is -3.43. The highest BCUT2D eigenvalue weighted by molar-refractivity contribution is 7.81. The average molecular weight is 500 g/mol. The smallest absolute Gasteiger partial charge is 0.412 e. The SMILES string of the molecule is CCO[C@H](CCOC(=O)CS)[C@H](OC(=O)Nc1cccc2ccccc12)c1ccc(OC)c(O)c1. The fourth-order valence-electron chi connectivity index (χ4n) is 3.70. The summed E-state index contributed by atoms with van der Waals surface area (Å²) < 4.78 is 22.0. The topological polar surface area (TPSA) is 103 Å². The molecule has 2 atom stereocenters. The number of rotatable bonds is 11. The van der Waals surface area contributed by atoms with Crippen LogP contribution in [-0.4, -0.2) is 49.3 Å². The van der Waals surface area contributed by atoms with E-state index in [1.165, 1.54) is 13.2 Å². The van der Waals surface area contributed by atoms with Gasteiger partial charge in [-0.05, 0) is 36.1 Å². The molecular formula is C26H29NO7S. The molecule has 8 nitrogen and oxygen atoms in total. The Morgan fingerprint density at radius 1 is 1.09 bits per heavy atom. The van der Waals surface area contributed by atoms with Gasteiger partial charge in [0.05, 0.1) is 25.2 Å². The monoisotopic (exact) mass is 499 g/mol. The first-order chi connectivity index (χ1) is 17.0. The van der Waals surface area contributed by atoms with E-state index in [1.54, 1.807) is 18.2 Å². The lowest BCUT2D eigenvalue weighted by molar-refractivity contribution is -0.142. The molecule has 3 aromatic rings. The third-order valence-corrected chi connectivity index (χ3v) is 5.56. The molecule has 1 amide bonds. The van der Waals surface area contributed by atoms with Gasteiger partial charge in [-0.3, -0.25) is 10.1 Å². The molecule has 0 aromatic heterocycles. The minimum Gasteiger partial charge on any atom is -0.504 e. The molecule has 0 heterocycles. The predicted molar refractivity (Wildman–Crippen MR) is 136 cm³/mol. The fraction of sp³-hybridized carbons (Fsp3) is 0.308. The van der Waals surface area contributed by atoms with E-state index in [1.807, 2.05) is 43.3 Å². The molecule has 0 spiro atoms. The molecule has 0 fully saturated rings. The van der Waals surface area contributed by atoms with Gasteiger partial charge in [0.25, 0.3) is 0 Å². The van der Waals surface area contributed by atoms with Gasteiger partial charge >= 0.3 is 12.1 Å². The first kappa shape index (κ1) is 26.2. The van der Waals surface area contributed by atoms with Gasteiger partial charge in [-0.15, -0.1) is 0 Å². The van der Waals surface area contributed by atoms with Crippen molar-refractivity contribution in [3.8, 4) is 11.5 Å². The van der Waals surface area contributed by atoms with Crippen LogP contribution in [0.1, 0.15) is 25.0 Å². The molecule has 2 N–H and O–H groups in total. The first-order valence-corrected chi connectivity index (χ1v) is 11.8. The Balaban J connectivity index is 1.86. The summed E-state index contributed by atoms with van der Waals surface area (Å²) in [5.41, 5.74) is 1.09. The number of methoxy groups -OCH3 is 1. The second-order valence-electron chi connectivity index (χ2n) is 7.57. The normalized spacial score (nSPS) is 12.5. The summed E-state index contributed by atoms with van der Waals surface area (Å²) in [6, 6.07) is 18.0. The van der Waals surface area contributed by atoms with Crippen molar-refractivity contribution in [2.75, 3.05) is 31.4 Å². The summed E-state index contributed by atoms with van der Waals surface area (Å²) in [7, 11) is 1.44. The summed E-state index contributed by atoms with van der Waals surface area (Å²) in [5, 5.41) is 15.0. The summed E-state index contributed by atoms with van der Waals surface area (Å²) in [4.78, 5) is 24.5. The summed E-state index contributed by atoms with van der Waals surface area (Å²) in [5.74, 6) is -0.330. The molecule has 0 aliphatic heterocycles. The number of phenolic OH excluding ortho intramolecular Hbond substituents is 1. The molecule has 3 rings (SSSR count). The lowest BCUT2D eigenvalue weighted by atomic mass is 10.0. The molecule has 0 aliphatic carbocycles. The van der Waals surface area contributed by atoms with Crippen LogP contribution in [-0.2, 0) is 19.0 Å². The van der Waals surface area contributed by atoms with E-state index in [9.17, 15) is 14.7 Å². The van der Waals surface area contributed by atoms with Gasteiger partial charge in [0.2, 0.25) is 0 Å². The van der Waals surface area contributed by atoms with Crippen LogP contribution in [0.5, 0.6) is 11.5 Å². The second-order valence-corrected chi connectivity index (χ2v) is 7.89. The number of carbonyl (C=O) groups excluding carboxylic acids is 2. The Morgan fingerprint density at radius 2 is 1.86 bits per heavy atom. The molecule has 0 saturated heterocycles. The van der Waals surface area contributed by atoms with E-state index in [2.05, 4.69) is 17.9 Å². The molecule has 35 heavy (non-hydrogen) atoms. The number of thiol groups is 1. The van der Waals surface area contributed by atoms with Crippen molar-refractivity contribution in [1.82, 2.24) is 0 Å². The third-order valence-electron chi connectivity index (χ3n) is 5.30. The largest absolute Gasteiger partial charge is 0.504 e. The Bertz CT molecular complexity index is 1150. The van der Waals surface area contributed by atoms with E-state index in [4.69, 9.17) is 18.9 Å². The maximum absolute atomic E-state index is 13.0. The Labute approximate surface area is 209 Å². The molecule has 0 unspecified atom stereocenters. The average Bonchev–Trinajstić information content (AvgIpc) is 2.87.